The molecular weight excluding hydrogens is 265 g/mol. The Hall–Kier alpha value is -1.64. The molecule has 3 rings (SSSR count). The molecule has 112 valence electrons. The van der Waals surface area contributed by atoms with Gasteiger partial charge in [-0.05, 0) is 48.3 Å². The molecule has 2 aliphatic carbocycles. The second-order valence-corrected chi connectivity index (χ2v) is 7.03. The van der Waals surface area contributed by atoms with Crippen molar-refractivity contribution in [3.63, 3.8) is 0 Å². The Kier molecular flexibility index (Phi) is 3.19. The van der Waals surface area contributed by atoms with E-state index in [0.717, 1.165) is 30.4 Å². The lowest BCUT2D eigenvalue weighted by Crippen LogP contribution is -2.41. The van der Waals surface area contributed by atoms with Crippen LogP contribution in [0.2, 0.25) is 0 Å². The first-order chi connectivity index (χ1) is 9.86. The minimum Gasteiger partial charge on any atom is -0.351 e. The summed E-state index contributed by atoms with van der Waals surface area (Å²) in [6.45, 7) is 9.09. The van der Waals surface area contributed by atoms with Gasteiger partial charge in [-0.25, -0.2) is 4.39 Å². The number of halogens is 1. The molecule has 0 aromatic heterocycles. The number of rotatable bonds is 3. The van der Waals surface area contributed by atoms with E-state index in [2.05, 4.69) is 25.7 Å². The average molecular weight is 287 g/mol. The maximum absolute atomic E-state index is 12.9. The molecule has 2 atom stereocenters. The lowest BCUT2D eigenvalue weighted by Gasteiger charge is -2.37. The quantitative estimate of drug-likeness (QED) is 0.841. The molecule has 0 heterocycles. The summed E-state index contributed by atoms with van der Waals surface area (Å²) in [5.74, 6) is 0.402. The zero-order chi connectivity index (χ0) is 15.3. The maximum atomic E-state index is 12.9. The predicted molar refractivity (Wildman–Crippen MR) is 80.9 cm³/mol. The van der Waals surface area contributed by atoms with Gasteiger partial charge in [-0.2, -0.15) is 0 Å². The molecular formula is C18H22FNO. The van der Waals surface area contributed by atoms with Gasteiger partial charge in [0.15, 0.2) is 0 Å². The third-order valence-corrected chi connectivity index (χ3v) is 5.69. The molecule has 0 saturated heterocycles. The SMILES string of the molecule is C=C1C(C)(C)[C@@H]2CC[C@@]1(C(=O)NCc1ccc(F)cc1)C2. The Morgan fingerprint density at radius 2 is 2.05 bits per heavy atom. The van der Waals surface area contributed by atoms with Crippen molar-refractivity contribution in [1.29, 1.82) is 0 Å². The van der Waals surface area contributed by atoms with E-state index in [9.17, 15) is 9.18 Å². The number of hydrogen-bond donors (Lipinski definition) is 1. The zero-order valence-corrected chi connectivity index (χ0v) is 12.7. The highest BCUT2D eigenvalue weighted by molar-refractivity contribution is 5.87. The van der Waals surface area contributed by atoms with Crippen molar-refractivity contribution in [3.05, 3.63) is 47.8 Å². The van der Waals surface area contributed by atoms with Crippen molar-refractivity contribution in [2.75, 3.05) is 0 Å². The van der Waals surface area contributed by atoms with Crippen LogP contribution >= 0.6 is 0 Å². The fourth-order valence-corrected chi connectivity index (χ4v) is 4.10. The minimum atomic E-state index is -0.381. The van der Waals surface area contributed by atoms with Crippen LogP contribution in [-0.2, 0) is 11.3 Å². The summed E-state index contributed by atoms with van der Waals surface area (Å²) in [6, 6.07) is 6.25. The number of amides is 1. The number of hydrogen-bond acceptors (Lipinski definition) is 1. The van der Waals surface area contributed by atoms with Crippen molar-refractivity contribution in [2.24, 2.45) is 16.7 Å². The monoisotopic (exact) mass is 287 g/mol. The standard InChI is InChI=1S/C18H22FNO/c1-12-17(2,3)14-8-9-18(12,10-14)16(21)20-11-13-4-6-15(19)7-5-13/h4-7,14H,1,8-11H2,2-3H3,(H,20,21)/t14-,18-/m1/s1. The van der Waals surface area contributed by atoms with Crippen LogP contribution in [0.15, 0.2) is 36.4 Å². The average Bonchev–Trinajstić information content (AvgIpc) is 2.98. The molecule has 1 N–H and O–H groups in total. The van der Waals surface area contributed by atoms with E-state index in [1.54, 1.807) is 12.1 Å². The Morgan fingerprint density at radius 1 is 1.38 bits per heavy atom. The Labute approximate surface area is 125 Å². The number of carbonyl (C=O) groups is 1. The van der Waals surface area contributed by atoms with Crippen LogP contribution < -0.4 is 5.32 Å². The number of benzene rings is 1. The zero-order valence-electron chi connectivity index (χ0n) is 12.7. The van der Waals surface area contributed by atoms with E-state index in [1.807, 2.05) is 0 Å². The molecule has 2 nitrogen and oxygen atoms in total. The van der Waals surface area contributed by atoms with Crippen molar-refractivity contribution < 1.29 is 9.18 Å². The normalized spacial score (nSPS) is 29.7. The summed E-state index contributed by atoms with van der Waals surface area (Å²) in [5, 5.41) is 3.02. The Balaban J connectivity index is 1.71. The van der Waals surface area contributed by atoms with Gasteiger partial charge in [0, 0.05) is 6.54 Å². The summed E-state index contributed by atoms with van der Waals surface area (Å²) in [4.78, 5) is 12.7. The lowest BCUT2D eigenvalue weighted by atomic mass is 9.68. The maximum Gasteiger partial charge on any atom is 0.230 e. The fraction of sp³-hybridized carbons (Fsp3) is 0.500. The van der Waals surface area contributed by atoms with Crippen LogP contribution in [0.5, 0.6) is 0 Å². The highest BCUT2D eigenvalue weighted by Crippen LogP contribution is 2.65. The van der Waals surface area contributed by atoms with E-state index in [0.29, 0.717) is 12.5 Å². The lowest BCUT2D eigenvalue weighted by molar-refractivity contribution is -0.128. The molecule has 3 heteroatoms. The van der Waals surface area contributed by atoms with E-state index in [1.165, 1.54) is 12.1 Å². The van der Waals surface area contributed by atoms with Gasteiger partial charge in [-0.15, -0.1) is 0 Å². The molecule has 1 aromatic rings. The van der Waals surface area contributed by atoms with Gasteiger partial charge >= 0.3 is 0 Å². The number of fused-ring (bicyclic) bond motifs is 2. The largest absolute Gasteiger partial charge is 0.351 e. The third kappa shape index (κ3) is 2.10. The van der Waals surface area contributed by atoms with Crippen LogP contribution in [0.4, 0.5) is 4.39 Å². The predicted octanol–water partition coefficient (Wildman–Crippen LogP) is 3.82. The fourth-order valence-electron chi connectivity index (χ4n) is 4.10. The topological polar surface area (TPSA) is 29.1 Å². The van der Waals surface area contributed by atoms with Gasteiger partial charge in [-0.1, -0.05) is 38.1 Å². The van der Waals surface area contributed by atoms with Crippen molar-refractivity contribution in [2.45, 2.75) is 39.7 Å². The third-order valence-electron chi connectivity index (χ3n) is 5.69. The van der Waals surface area contributed by atoms with Crippen LogP contribution in [0.1, 0.15) is 38.7 Å². The second kappa shape index (κ2) is 4.69. The van der Waals surface area contributed by atoms with Crippen LogP contribution in [0, 0.1) is 22.6 Å². The molecule has 2 saturated carbocycles. The first kappa shape index (κ1) is 14.3. The van der Waals surface area contributed by atoms with E-state index < -0.39 is 0 Å². The van der Waals surface area contributed by atoms with E-state index in [4.69, 9.17) is 0 Å². The molecule has 2 aliphatic rings. The minimum absolute atomic E-state index is 0.0610. The molecule has 0 unspecified atom stereocenters. The summed E-state index contributed by atoms with van der Waals surface area (Å²) in [6.07, 6.45) is 2.94. The number of carbonyl (C=O) groups excluding carboxylic acids is 1. The molecule has 21 heavy (non-hydrogen) atoms. The molecule has 0 radical (unpaired) electrons. The highest BCUT2D eigenvalue weighted by atomic mass is 19.1. The van der Waals surface area contributed by atoms with E-state index >= 15 is 0 Å². The van der Waals surface area contributed by atoms with Crippen LogP contribution in [0.3, 0.4) is 0 Å². The summed E-state index contributed by atoms with van der Waals surface area (Å²) < 4.78 is 12.9. The van der Waals surface area contributed by atoms with Crippen molar-refractivity contribution in [3.8, 4) is 0 Å². The summed E-state index contributed by atoms with van der Waals surface area (Å²) in [7, 11) is 0. The Morgan fingerprint density at radius 3 is 2.62 bits per heavy atom. The molecule has 1 amide bonds. The van der Waals surface area contributed by atoms with Gasteiger partial charge in [0.1, 0.15) is 5.82 Å². The Bertz CT molecular complexity index is 590. The van der Waals surface area contributed by atoms with Gasteiger partial charge in [-0.3, -0.25) is 4.79 Å². The summed E-state index contributed by atoms with van der Waals surface area (Å²) >= 11 is 0. The first-order valence-electron chi connectivity index (χ1n) is 7.59. The van der Waals surface area contributed by atoms with Gasteiger partial charge < -0.3 is 5.32 Å². The molecule has 2 fully saturated rings. The number of nitrogens with one attached hydrogen (secondary N) is 1. The van der Waals surface area contributed by atoms with E-state index in [-0.39, 0.29) is 22.6 Å². The van der Waals surface area contributed by atoms with Gasteiger partial charge in [0.25, 0.3) is 0 Å². The molecule has 2 bridgehead atoms. The van der Waals surface area contributed by atoms with Gasteiger partial charge in [0.2, 0.25) is 5.91 Å². The molecule has 1 aromatic carbocycles. The molecule has 0 spiro atoms. The van der Waals surface area contributed by atoms with Crippen LogP contribution in [-0.4, -0.2) is 5.91 Å². The smallest absolute Gasteiger partial charge is 0.230 e. The van der Waals surface area contributed by atoms with Crippen LogP contribution in [0.25, 0.3) is 0 Å². The molecule has 0 aliphatic heterocycles. The first-order valence-corrected chi connectivity index (χ1v) is 7.59. The summed E-state index contributed by atoms with van der Waals surface area (Å²) in [5.41, 5.74) is 1.68. The second-order valence-electron chi connectivity index (χ2n) is 7.03. The van der Waals surface area contributed by atoms with Crippen molar-refractivity contribution in [1.82, 2.24) is 5.32 Å². The highest BCUT2D eigenvalue weighted by Gasteiger charge is 2.60. The van der Waals surface area contributed by atoms with Gasteiger partial charge in [0.05, 0.1) is 5.41 Å². The van der Waals surface area contributed by atoms with Crippen molar-refractivity contribution >= 4 is 5.91 Å².